The van der Waals surface area contributed by atoms with Gasteiger partial charge in [0.05, 0.1) is 0 Å². The van der Waals surface area contributed by atoms with E-state index in [1.54, 1.807) is 0 Å². The Morgan fingerprint density at radius 2 is 1.67 bits per heavy atom. The lowest BCUT2D eigenvalue weighted by molar-refractivity contribution is -0.141. The fourth-order valence-electron chi connectivity index (χ4n) is 5.80. The van der Waals surface area contributed by atoms with E-state index in [1.807, 2.05) is 0 Å². The third-order valence-electron chi connectivity index (χ3n) is 7.71. The van der Waals surface area contributed by atoms with Crippen LogP contribution in [0.4, 0.5) is 0 Å². The zero-order chi connectivity index (χ0) is 19.8. The molecular weight excluding hydrogens is 336 g/mol. The van der Waals surface area contributed by atoms with E-state index in [-0.39, 0.29) is 23.1 Å². The van der Waals surface area contributed by atoms with E-state index in [9.17, 15) is 9.59 Å². The molecule has 4 nitrogen and oxygen atoms in total. The summed E-state index contributed by atoms with van der Waals surface area (Å²) in [5, 5.41) is 3.19. The fourth-order valence-corrected chi connectivity index (χ4v) is 5.80. The van der Waals surface area contributed by atoms with Crippen molar-refractivity contribution in [3.8, 4) is 0 Å². The quantitative estimate of drug-likeness (QED) is 0.791. The van der Waals surface area contributed by atoms with Gasteiger partial charge in [-0.1, -0.05) is 53.4 Å². The SMILES string of the molecule is C[C@H](C(=O)NC(C(=O)N1C[C@@H]2CCC[C@@H]2[C@H]1C)C(C)(C)C)C1CCCCC1. The average Bonchev–Trinajstić information content (AvgIpc) is 3.21. The van der Waals surface area contributed by atoms with E-state index in [4.69, 9.17) is 0 Å². The minimum absolute atomic E-state index is 0.00154. The summed E-state index contributed by atoms with van der Waals surface area (Å²) in [5.74, 6) is 2.00. The number of carbonyl (C=O) groups excluding carboxylic acids is 2. The first-order valence-electron chi connectivity index (χ1n) is 11.3. The van der Waals surface area contributed by atoms with E-state index in [0.717, 1.165) is 19.4 Å². The predicted octanol–water partition coefficient (Wildman–Crippen LogP) is 4.38. The van der Waals surface area contributed by atoms with E-state index in [1.165, 1.54) is 38.5 Å². The highest BCUT2D eigenvalue weighted by Gasteiger charge is 2.47. The lowest BCUT2D eigenvalue weighted by Crippen LogP contribution is -2.57. The molecule has 2 amide bonds. The molecule has 3 fully saturated rings. The summed E-state index contributed by atoms with van der Waals surface area (Å²) < 4.78 is 0. The topological polar surface area (TPSA) is 49.4 Å². The van der Waals surface area contributed by atoms with Crippen molar-refractivity contribution in [3.05, 3.63) is 0 Å². The molecule has 0 radical (unpaired) electrons. The number of carbonyl (C=O) groups is 2. The van der Waals surface area contributed by atoms with E-state index in [2.05, 4.69) is 44.8 Å². The van der Waals surface area contributed by atoms with Gasteiger partial charge in [0, 0.05) is 18.5 Å². The molecule has 4 heteroatoms. The van der Waals surface area contributed by atoms with Gasteiger partial charge >= 0.3 is 0 Å². The van der Waals surface area contributed by atoms with Crippen molar-refractivity contribution in [2.45, 2.75) is 98.1 Å². The molecule has 5 atom stereocenters. The number of hydrogen-bond acceptors (Lipinski definition) is 2. The molecule has 2 aliphatic carbocycles. The van der Waals surface area contributed by atoms with Crippen LogP contribution in [0.3, 0.4) is 0 Å². The van der Waals surface area contributed by atoms with Crippen molar-refractivity contribution in [2.75, 3.05) is 6.54 Å². The summed E-state index contributed by atoms with van der Waals surface area (Å²) in [6, 6.07) is -0.125. The predicted molar refractivity (Wildman–Crippen MR) is 109 cm³/mol. The van der Waals surface area contributed by atoms with Crippen molar-refractivity contribution < 1.29 is 9.59 Å². The maximum atomic E-state index is 13.5. The van der Waals surface area contributed by atoms with Crippen molar-refractivity contribution in [1.82, 2.24) is 10.2 Å². The molecule has 2 saturated carbocycles. The van der Waals surface area contributed by atoms with Crippen LogP contribution < -0.4 is 5.32 Å². The highest BCUT2D eigenvalue weighted by molar-refractivity contribution is 5.89. The highest BCUT2D eigenvalue weighted by Crippen LogP contribution is 2.42. The summed E-state index contributed by atoms with van der Waals surface area (Å²) in [6.45, 7) is 11.4. The lowest BCUT2D eigenvalue weighted by atomic mass is 9.79. The molecule has 0 aromatic rings. The number of fused-ring (bicyclic) bond motifs is 1. The first kappa shape index (κ1) is 20.7. The molecule has 1 saturated heterocycles. The Morgan fingerprint density at radius 3 is 2.26 bits per heavy atom. The number of hydrogen-bond donors (Lipinski definition) is 1. The van der Waals surface area contributed by atoms with Crippen molar-refractivity contribution in [1.29, 1.82) is 0 Å². The van der Waals surface area contributed by atoms with Gasteiger partial charge in [-0.15, -0.1) is 0 Å². The average molecular weight is 377 g/mol. The third kappa shape index (κ3) is 4.35. The summed E-state index contributed by atoms with van der Waals surface area (Å²) in [5.41, 5.74) is -0.281. The minimum Gasteiger partial charge on any atom is -0.344 e. The van der Waals surface area contributed by atoms with Crippen LogP contribution in [0.15, 0.2) is 0 Å². The number of rotatable bonds is 4. The largest absolute Gasteiger partial charge is 0.344 e. The van der Waals surface area contributed by atoms with Gasteiger partial charge < -0.3 is 10.2 Å². The van der Waals surface area contributed by atoms with Gasteiger partial charge in [0.2, 0.25) is 11.8 Å². The summed E-state index contributed by atoms with van der Waals surface area (Å²) in [7, 11) is 0. The standard InChI is InChI=1S/C23H40N2O2/c1-15(17-10-7-6-8-11-17)21(26)24-20(23(3,4)5)22(27)25-14-18-12-9-13-19(18)16(25)2/h15-20H,6-14H2,1-5H3,(H,24,26)/t15-,16+,18-,19+,20?/m0/s1. The third-order valence-corrected chi connectivity index (χ3v) is 7.71. The van der Waals surface area contributed by atoms with Crippen LogP contribution in [0.1, 0.15) is 86.0 Å². The number of nitrogens with one attached hydrogen (secondary N) is 1. The summed E-state index contributed by atoms with van der Waals surface area (Å²) >= 11 is 0. The molecule has 0 spiro atoms. The summed E-state index contributed by atoms with van der Waals surface area (Å²) in [6.07, 6.45) is 9.87. The Hall–Kier alpha value is -1.06. The van der Waals surface area contributed by atoms with Crippen LogP contribution >= 0.6 is 0 Å². The summed E-state index contributed by atoms with van der Waals surface area (Å²) in [4.78, 5) is 28.6. The van der Waals surface area contributed by atoms with Gasteiger partial charge in [0.1, 0.15) is 6.04 Å². The molecule has 154 valence electrons. The lowest BCUT2D eigenvalue weighted by Gasteiger charge is -2.37. The van der Waals surface area contributed by atoms with Gasteiger partial charge in [-0.25, -0.2) is 0 Å². The van der Waals surface area contributed by atoms with Crippen LogP contribution in [0, 0.1) is 29.1 Å². The molecule has 1 aliphatic heterocycles. The van der Waals surface area contributed by atoms with Crippen LogP contribution in [0.5, 0.6) is 0 Å². The molecule has 3 aliphatic rings. The smallest absolute Gasteiger partial charge is 0.245 e. The number of likely N-dealkylation sites (tertiary alicyclic amines) is 1. The first-order valence-corrected chi connectivity index (χ1v) is 11.3. The molecule has 27 heavy (non-hydrogen) atoms. The molecule has 0 bridgehead atoms. The van der Waals surface area contributed by atoms with Crippen molar-refractivity contribution in [2.24, 2.45) is 29.1 Å². The maximum absolute atomic E-state index is 13.5. The van der Waals surface area contributed by atoms with Crippen molar-refractivity contribution >= 4 is 11.8 Å². The van der Waals surface area contributed by atoms with Crippen LogP contribution in [-0.2, 0) is 9.59 Å². The maximum Gasteiger partial charge on any atom is 0.245 e. The molecule has 0 aromatic heterocycles. The highest BCUT2D eigenvalue weighted by atomic mass is 16.2. The Balaban J connectivity index is 1.68. The minimum atomic E-state index is -0.433. The van der Waals surface area contributed by atoms with Gasteiger partial charge in [0.15, 0.2) is 0 Å². The van der Waals surface area contributed by atoms with E-state index in [0.29, 0.717) is 23.8 Å². The van der Waals surface area contributed by atoms with E-state index >= 15 is 0 Å². The Kier molecular flexibility index (Phi) is 6.22. The monoisotopic (exact) mass is 376 g/mol. The van der Waals surface area contributed by atoms with Gasteiger partial charge in [-0.2, -0.15) is 0 Å². The Bertz CT molecular complexity index is 547. The van der Waals surface area contributed by atoms with Crippen LogP contribution in [0.25, 0.3) is 0 Å². The van der Waals surface area contributed by atoms with E-state index < -0.39 is 6.04 Å². The molecule has 3 rings (SSSR count). The first-order chi connectivity index (χ1) is 12.7. The zero-order valence-electron chi connectivity index (χ0n) is 18.1. The zero-order valence-corrected chi connectivity index (χ0v) is 18.1. The number of nitrogens with zero attached hydrogens (tertiary/aromatic N) is 1. The van der Waals surface area contributed by atoms with Crippen LogP contribution in [0.2, 0.25) is 0 Å². The molecule has 1 heterocycles. The van der Waals surface area contributed by atoms with Crippen LogP contribution in [-0.4, -0.2) is 35.3 Å². The molecule has 1 unspecified atom stereocenters. The second kappa shape index (κ2) is 8.13. The molecular formula is C23H40N2O2. The second-order valence-corrected chi connectivity index (χ2v) is 10.6. The Morgan fingerprint density at radius 1 is 1.00 bits per heavy atom. The van der Waals surface area contributed by atoms with Gasteiger partial charge in [0.25, 0.3) is 0 Å². The number of amides is 2. The van der Waals surface area contributed by atoms with Gasteiger partial charge in [-0.3, -0.25) is 9.59 Å². The Labute approximate surface area is 165 Å². The van der Waals surface area contributed by atoms with Gasteiger partial charge in [-0.05, 0) is 55.8 Å². The fraction of sp³-hybridized carbons (Fsp3) is 0.913. The van der Waals surface area contributed by atoms with Crippen molar-refractivity contribution in [3.63, 3.8) is 0 Å². The molecule has 1 N–H and O–H groups in total. The normalized spacial score (nSPS) is 31.4. The second-order valence-electron chi connectivity index (χ2n) is 10.6. The molecule has 0 aromatic carbocycles.